The van der Waals surface area contributed by atoms with Crippen molar-refractivity contribution in [3.8, 4) is 11.3 Å². The van der Waals surface area contributed by atoms with E-state index in [-0.39, 0.29) is 0 Å². The number of hydrogen-bond acceptors (Lipinski definition) is 3. The van der Waals surface area contributed by atoms with Gasteiger partial charge in [0.15, 0.2) is 5.16 Å². The van der Waals surface area contributed by atoms with Gasteiger partial charge in [-0.2, -0.15) is 5.10 Å². The largest absolute Gasteiger partial charge is 0.221 e. The van der Waals surface area contributed by atoms with Crippen LogP contribution in [0.15, 0.2) is 65.0 Å². The molecule has 0 N–H and O–H groups in total. The Morgan fingerprint density at radius 3 is 2.43 bits per heavy atom. The number of hydrogen-bond donors (Lipinski definition) is 0. The minimum Gasteiger partial charge on any atom is -0.221 e. The highest BCUT2D eigenvalue weighted by molar-refractivity contribution is 7.99. The summed E-state index contributed by atoms with van der Waals surface area (Å²) in [6.07, 6.45) is 1.99. The lowest BCUT2D eigenvalue weighted by molar-refractivity contribution is 0.757. The maximum atomic E-state index is 5.95. The van der Waals surface area contributed by atoms with E-state index in [4.69, 9.17) is 21.7 Å². The van der Waals surface area contributed by atoms with E-state index in [9.17, 15) is 0 Å². The van der Waals surface area contributed by atoms with Crippen LogP contribution in [0.2, 0.25) is 5.02 Å². The summed E-state index contributed by atoms with van der Waals surface area (Å²) in [7, 11) is 0. The molecule has 0 saturated carbocycles. The molecule has 1 aliphatic rings. The highest BCUT2D eigenvalue weighted by Crippen LogP contribution is 2.28. The first-order valence-electron chi connectivity index (χ1n) is 7.32. The second-order valence-corrected chi connectivity index (χ2v) is 6.84. The fraction of sp³-hybridized carbons (Fsp3) is 0.111. The van der Waals surface area contributed by atoms with Crippen molar-refractivity contribution in [3.05, 3.63) is 70.9 Å². The fourth-order valence-electron chi connectivity index (χ4n) is 2.46. The van der Waals surface area contributed by atoms with Gasteiger partial charge in [0.1, 0.15) is 0 Å². The van der Waals surface area contributed by atoms with Crippen molar-refractivity contribution in [2.75, 3.05) is 5.75 Å². The first kappa shape index (κ1) is 14.5. The van der Waals surface area contributed by atoms with E-state index in [0.29, 0.717) is 0 Å². The topological polar surface area (TPSA) is 30.2 Å². The molecule has 5 heteroatoms. The molecule has 0 spiro atoms. The molecule has 23 heavy (non-hydrogen) atoms. The average molecular weight is 340 g/mol. The van der Waals surface area contributed by atoms with Gasteiger partial charge in [0.05, 0.1) is 17.6 Å². The molecule has 0 fully saturated rings. The van der Waals surface area contributed by atoms with Gasteiger partial charge >= 0.3 is 0 Å². The van der Waals surface area contributed by atoms with Gasteiger partial charge < -0.3 is 0 Å². The first-order chi connectivity index (χ1) is 11.2. The quantitative estimate of drug-likeness (QED) is 0.666. The third-order valence-corrected chi connectivity index (χ3v) is 4.95. The van der Waals surface area contributed by atoms with Crippen LogP contribution in [0.1, 0.15) is 11.1 Å². The van der Waals surface area contributed by atoms with Crippen molar-refractivity contribution < 1.29 is 0 Å². The number of aryl methyl sites for hydroxylation is 1. The lowest BCUT2D eigenvalue weighted by atomic mass is 10.1. The second kappa shape index (κ2) is 5.87. The third kappa shape index (κ3) is 2.92. The average Bonchev–Trinajstić information content (AvgIpc) is 2.99. The normalized spacial score (nSPS) is 13.6. The summed E-state index contributed by atoms with van der Waals surface area (Å²) < 4.78 is 1.87. The molecule has 0 radical (unpaired) electrons. The molecule has 3 aromatic rings. The standard InChI is InChI=1S/C18H14ClN3S/c1-12-2-4-13(5-3-12)16-10-22-18(20-16)23-11-17(21-22)14-6-8-15(19)9-7-14/h2-10H,11H2,1H3. The first-order valence-corrected chi connectivity index (χ1v) is 8.68. The van der Waals surface area contributed by atoms with Crippen molar-refractivity contribution in [3.63, 3.8) is 0 Å². The molecular formula is C18H14ClN3S. The molecule has 0 amide bonds. The fourth-order valence-corrected chi connectivity index (χ4v) is 3.47. The van der Waals surface area contributed by atoms with Crippen molar-refractivity contribution in [2.45, 2.75) is 12.1 Å². The molecule has 2 heterocycles. The van der Waals surface area contributed by atoms with E-state index < -0.39 is 0 Å². The van der Waals surface area contributed by atoms with Crippen LogP contribution >= 0.6 is 23.4 Å². The lowest BCUT2D eigenvalue weighted by Gasteiger charge is -2.12. The van der Waals surface area contributed by atoms with Crippen LogP contribution in [0.25, 0.3) is 11.3 Å². The predicted octanol–water partition coefficient (Wildman–Crippen LogP) is 4.87. The van der Waals surface area contributed by atoms with Gasteiger partial charge in [-0.25, -0.2) is 9.66 Å². The summed E-state index contributed by atoms with van der Waals surface area (Å²) in [6.45, 7) is 2.08. The number of aromatic nitrogens is 2. The zero-order valence-electron chi connectivity index (χ0n) is 12.5. The minimum atomic E-state index is 0.739. The SMILES string of the molecule is Cc1ccc(-c2cn3c(n2)SCC(c2ccc(Cl)cc2)=N3)cc1. The maximum absolute atomic E-state index is 5.95. The molecule has 0 aliphatic carbocycles. The second-order valence-electron chi connectivity index (χ2n) is 5.46. The van der Waals surface area contributed by atoms with Crippen LogP contribution in [0.4, 0.5) is 0 Å². The molecular weight excluding hydrogens is 326 g/mol. The highest BCUT2D eigenvalue weighted by Gasteiger charge is 2.17. The Morgan fingerprint density at radius 1 is 1.00 bits per heavy atom. The van der Waals surface area contributed by atoms with Gasteiger partial charge in [-0.3, -0.25) is 0 Å². The Kier molecular flexibility index (Phi) is 3.71. The van der Waals surface area contributed by atoms with Gasteiger partial charge in [0, 0.05) is 16.3 Å². The predicted molar refractivity (Wildman–Crippen MR) is 96.5 cm³/mol. The summed E-state index contributed by atoms with van der Waals surface area (Å²) in [5.74, 6) is 0.811. The summed E-state index contributed by atoms with van der Waals surface area (Å²) in [5, 5.41) is 6.38. The molecule has 0 atom stereocenters. The van der Waals surface area contributed by atoms with E-state index in [1.165, 1.54) is 5.56 Å². The number of nitrogens with zero attached hydrogens (tertiary/aromatic N) is 3. The van der Waals surface area contributed by atoms with Crippen LogP contribution in [0, 0.1) is 6.92 Å². The van der Waals surface area contributed by atoms with E-state index in [2.05, 4.69) is 31.2 Å². The Labute approximate surface area is 144 Å². The highest BCUT2D eigenvalue weighted by atomic mass is 35.5. The zero-order chi connectivity index (χ0) is 15.8. The minimum absolute atomic E-state index is 0.739. The van der Waals surface area contributed by atoms with Gasteiger partial charge in [-0.1, -0.05) is 65.3 Å². The van der Waals surface area contributed by atoms with Crippen LogP contribution in [0.3, 0.4) is 0 Å². The smallest absolute Gasteiger partial charge is 0.189 e. The Morgan fingerprint density at radius 2 is 1.70 bits per heavy atom. The van der Waals surface area contributed by atoms with E-state index >= 15 is 0 Å². The van der Waals surface area contributed by atoms with Crippen molar-refractivity contribution >= 4 is 29.1 Å². The molecule has 2 aromatic carbocycles. The molecule has 0 unspecified atom stereocenters. The van der Waals surface area contributed by atoms with E-state index in [1.807, 2.05) is 35.1 Å². The summed E-state index contributed by atoms with van der Waals surface area (Å²) in [6, 6.07) is 16.2. The molecule has 0 saturated heterocycles. The molecule has 3 nitrogen and oxygen atoms in total. The van der Waals surface area contributed by atoms with Crippen LogP contribution in [-0.2, 0) is 0 Å². The molecule has 1 aliphatic heterocycles. The van der Waals surface area contributed by atoms with Crippen molar-refractivity contribution in [1.29, 1.82) is 0 Å². The Hall–Kier alpha value is -2.04. The Balaban J connectivity index is 1.69. The number of thioether (sulfide) groups is 1. The molecule has 0 bridgehead atoms. The summed E-state index contributed by atoms with van der Waals surface area (Å²) in [5.41, 5.74) is 5.44. The van der Waals surface area contributed by atoms with E-state index in [1.54, 1.807) is 11.8 Å². The van der Waals surface area contributed by atoms with Crippen LogP contribution < -0.4 is 0 Å². The van der Waals surface area contributed by atoms with Gasteiger partial charge in [-0.15, -0.1) is 0 Å². The molecule has 4 rings (SSSR count). The van der Waals surface area contributed by atoms with Crippen LogP contribution in [0.5, 0.6) is 0 Å². The van der Waals surface area contributed by atoms with Gasteiger partial charge in [0.25, 0.3) is 0 Å². The molecule has 114 valence electrons. The number of fused-ring (bicyclic) bond motifs is 1. The van der Waals surface area contributed by atoms with Gasteiger partial charge in [0.2, 0.25) is 0 Å². The number of rotatable bonds is 2. The van der Waals surface area contributed by atoms with Crippen molar-refractivity contribution in [2.24, 2.45) is 5.10 Å². The van der Waals surface area contributed by atoms with Crippen molar-refractivity contribution in [1.82, 2.24) is 9.66 Å². The monoisotopic (exact) mass is 339 g/mol. The van der Waals surface area contributed by atoms with E-state index in [0.717, 1.165) is 38.5 Å². The third-order valence-electron chi connectivity index (χ3n) is 3.75. The number of halogens is 1. The maximum Gasteiger partial charge on any atom is 0.189 e. The van der Waals surface area contributed by atoms with Gasteiger partial charge in [-0.05, 0) is 24.6 Å². The number of benzene rings is 2. The zero-order valence-corrected chi connectivity index (χ0v) is 14.1. The summed E-state index contributed by atoms with van der Waals surface area (Å²) >= 11 is 7.66. The summed E-state index contributed by atoms with van der Waals surface area (Å²) in [4.78, 5) is 4.69. The molecule has 1 aromatic heterocycles. The Bertz CT molecular complexity index is 880. The number of imidazole rings is 1. The van der Waals surface area contributed by atoms with Crippen LogP contribution in [-0.4, -0.2) is 21.1 Å². The lowest BCUT2D eigenvalue weighted by Crippen LogP contribution is -2.12.